The number of benzene rings is 2. The molecule has 2 aromatic carbocycles. The Morgan fingerprint density at radius 1 is 1.16 bits per heavy atom. The minimum Gasteiger partial charge on any atom is -0.507 e. The predicted molar refractivity (Wildman–Crippen MR) is 89.1 cm³/mol. The highest BCUT2D eigenvalue weighted by molar-refractivity contribution is 14.1. The molecule has 0 atom stereocenters. The van der Waals surface area contributed by atoms with Gasteiger partial charge in [-0.15, -0.1) is 0 Å². The molecule has 2 N–H and O–H groups in total. The van der Waals surface area contributed by atoms with Gasteiger partial charge in [0.15, 0.2) is 0 Å². The highest BCUT2D eigenvalue weighted by atomic mass is 127. The zero-order valence-corrected chi connectivity index (χ0v) is 13.7. The van der Waals surface area contributed by atoms with Crippen LogP contribution in [0.1, 0.15) is 16.7 Å². The molecule has 19 heavy (non-hydrogen) atoms. The van der Waals surface area contributed by atoms with Crippen LogP contribution in [-0.2, 0) is 6.54 Å². The number of rotatable bonds is 3. The van der Waals surface area contributed by atoms with Crippen molar-refractivity contribution in [2.24, 2.45) is 0 Å². The topological polar surface area (TPSA) is 32.3 Å². The molecule has 0 heterocycles. The molecule has 0 bridgehead atoms. The molecule has 0 unspecified atom stereocenters. The number of anilines is 1. The number of aromatic hydroxyl groups is 1. The van der Waals surface area contributed by atoms with E-state index in [2.05, 4.69) is 27.9 Å². The van der Waals surface area contributed by atoms with Gasteiger partial charge in [0, 0.05) is 20.8 Å². The lowest BCUT2D eigenvalue weighted by molar-refractivity contribution is 0.466. The Bertz CT molecular complexity index is 590. The van der Waals surface area contributed by atoms with Crippen LogP contribution in [0.2, 0.25) is 5.02 Å². The summed E-state index contributed by atoms with van der Waals surface area (Å²) in [5.41, 5.74) is 4.03. The average Bonchev–Trinajstić information content (AvgIpc) is 2.34. The maximum Gasteiger partial charge on any atom is 0.121 e. The molecule has 2 nitrogen and oxygen atoms in total. The molecule has 0 aliphatic heterocycles. The SMILES string of the molecule is Cc1cc(CNc2ccc(Cl)cc2I)cc(C)c1O. The Hall–Kier alpha value is -0.940. The van der Waals surface area contributed by atoms with Crippen LogP contribution in [0.15, 0.2) is 30.3 Å². The summed E-state index contributed by atoms with van der Waals surface area (Å²) in [6.07, 6.45) is 0. The van der Waals surface area contributed by atoms with Crippen LogP contribution < -0.4 is 5.32 Å². The summed E-state index contributed by atoms with van der Waals surface area (Å²) in [6, 6.07) is 9.78. The van der Waals surface area contributed by atoms with E-state index >= 15 is 0 Å². The molecule has 0 fully saturated rings. The predicted octanol–water partition coefficient (Wildman–Crippen LogP) is 4.88. The molecule has 0 saturated heterocycles. The number of aryl methyl sites for hydroxylation is 2. The Kier molecular flexibility index (Phi) is 4.58. The monoisotopic (exact) mass is 387 g/mol. The van der Waals surface area contributed by atoms with Crippen LogP contribution in [0.3, 0.4) is 0 Å². The first-order valence-electron chi connectivity index (χ1n) is 5.95. The number of hydrogen-bond donors (Lipinski definition) is 2. The highest BCUT2D eigenvalue weighted by Crippen LogP contribution is 2.25. The Balaban J connectivity index is 2.14. The van der Waals surface area contributed by atoms with E-state index in [0.717, 1.165) is 37.5 Å². The smallest absolute Gasteiger partial charge is 0.121 e. The quantitative estimate of drug-likeness (QED) is 0.736. The molecular formula is C15H15ClINO. The normalized spacial score (nSPS) is 10.5. The Morgan fingerprint density at radius 3 is 2.37 bits per heavy atom. The molecule has 100 valence electrons. The summed E-state index contributed by atoms with van der Waals surface area (Å²) in [6.45, 7) is 4.55. The average molecular weight is 388 g/mol. The third kappa shape index (κ3) is 3.54. The molecule has 0 saturated carbocycles. The van der Waals surface area contributed by atoms with E-state index in [0.29, 0.717) is 5.75 Å². The molecule has 0 aromatic heterocycles. The molecule has 4 heteroatoms. The van der Waals surface area contributed by atoms with Crippen LogP contribution in [0.4, 0.5) is 5.69 Å². The first-order valence-corrected chi connectivity index (χ1v) is 7.41. The van der Waals surface area contributed by atoms with E-state index in [-0.39, 0.29) is 0 Å². The van der Waals surface area contributed by atoms with Crippen molar-refractivity contribution in [3.05, 3.63) is 55.6 Å². The summed E-state index contributed by atoms with van der Waals surface area (Å²) in [5, 5.41) is 13.9. The van der Waals surface area contributed by atoms with Crippen LogP contribution in [-0.4, -0.2) is 5.11 Å². The van der Waals surface area contributed by atoms with Crippen LogP contribution >= 0.6 is 34.2 Å². The molecular weight excluding hydrogens is 373 g/mol. The van der Waals surface area contributed by atoms with Gasteiger partial charge in [0.2, 0.25) is 0 Å². The van der Waals surface area contributed by atoms with Crippen LogP contribution in [0.5, 0.6) is 5.75 Å². The second-order valence-corrected chi connectivity index (χ2v) is 6.15. The minimum atomic E-state index is 0.379. The van der Waals surface area contributed by atoms with Gasteiger partial charge in [-0.05, 0) is 71.3 Å². The lowest BCUT2D eigenvalue weighted by atomic mass is 10.1. The third-order valence-corrected chi connectivity index (χ3v) is 4.09. The Morgan fingerprint density at radius 2 is 1.79 bits per heavy atom. The fourth-order valence-corrected chi connectivity index (χ4v) is 3.04. The van der Waals surface area contributed by atoms with Crippen molar-refractivity contribution in [1.82, 2.24) is 0 Å². The van der Waals surface area contributed by atoms with Gasteiger partial charge in [-0.1, -0.05) is 23.7 Å². The van der Waals surface area contributed by atoms with Crippen LogP contribution in [0.25, 0.3) is 0 Å². The minimum absolute atomic E-state index is 0.379. The van der Waals surface area contributed by atoms with Crippen molar-refractivity contribution in [3.63, 3.8) is 0 Å². The van der Waals surface area contributed by atoms with Crippen molar-refractivity contribution in [3.8, 4) is 5.75 Å². The summed E-state index contributed by atoms with van der Waals surface area (Å²) < 4.78 is 1.09. The summed E-state index contributed by atoms with van der Waals surface area (Å²) >= 11 is 8.19. The van der Waals surface area contributed by atoms with Crippen molar-refractivity contribution in [2.75, 3.05) is 5.32 Å². The molecule has 2 aromatic rings. The van der Waals surface area contributed by atoms with Gasteiger partial charge in [-0.2, -0.15) is 0 Å². The van der Waals surface area contributed by atoms with Crippen molar-refractivity contribution < 1.29 is 5.11 Å². The maximum atomic E-state index is 9.75. The standard InChI is InChI=1S/C15H15ClINO/c1-9-5-11(6-10(2)15(9)19)8-18-14-4-3-12(16)7-13(14)17/h3-7,18-19H,8H2,1-2H3. The maximum absolute atomic E-state index is 9.75. The molecule has 0 amide bonds. The lowest BCUT2D eigenvalue weighted by Crippen LogP contribution is -2.01. The zero-order chi connectivity index (χ0) is 14.0. The van der Waals surface area contributed by atoms with Gasteiger partial charge in [-0.3, -0.25) is 0 Å². The first kappa shape index (κ1) is 14.5. The molecule has 0 spiro atoms. The largest absolute Gasteiger partial charge is 0.507 e. The summed E-state index contributed by atoms with van der Waals surface area (Å²) in [7, 11) is 0. The van der Waals surface area contributed by atoms with Gasteiger partial charge in [0.05, 0.1) is 0 Å². The summed E-state index contributed by atoms with van der Waals surface area (Å²) in [4.78, 5) is 0. The first-order chi connectivity index (χ1) is 8.97. The number of hydrogen-bond acceptors (Lipinski definition) is 2. The molecule has 2 rings (SSSR count). The van der Waals surface area contributed by atoms with Crippen LogP contribution in [0, 0.1) is 17.4 Å². The van der Waals surface area contributed by atoms with E-state index in [1.165, 1.54) is 0 Å². The van der Waals surface area contributed by atoms with Crippen molar-refractivity contribution in [2.45, 2.75) is 20.4 Å². The number of phenols is 1. The Labute approximate surface area is 131 Å². The van der Waals surface area contributed by atoms with Gasteiger partial charge in [0.25, 0.3) is 0 Å². The van der Waals surface area contributed by atoms with Gasteiger partial charge in [-0.25, -0.2) is 0 Å². The van der Waals surface area contributed by atoms with E-state index in [1.54, 1.807) is 0 Å². The fraction of sp³-hybridized carbons (Fsp3) is 0.200. The zero-order valence-electron chi connectivity index (χ0n) is 10.8. The van der Waals surface area contributed by atoms with Gasteiger partial charge >= 0.3 is 0 Å². The van der Waals surface area contributed by atoms with E-state index in [4.69, 9.17) is 11.6 Å². The molecule has 0 aliphatic carbocycles. The fourth-order valence-electron chi connectivity index (χ4n) is 1.98. The lowest BCUT2D eigenvalue weighted by Gasteiger charge is -2.11. The second kappa shape index (κ2) is 6.01. The third-order valence-electron chi connectivity index (χ3n) is 2.96. The highest BCUT2D eigenvalue weighted by Gasteiger charge is 2.04. The molecule has 0 radical (unpaired) electrons. The number of halogens is 2. The molecule has 0 aliphatic rings. The number of phenolic OH excluding ortho intramolecular Hbond substituents is 1. The van der Waals surface area contributed by atoms with Gasteiger partial charge in [0.1, 0.15) is 5.75 Å². The van der Waals surface area contributed by atoms with E-state index in [9.17, 15) is 5.11 Å². The number of nitrogens with one attached hydrogen (secondary N) is 1. The second-order valence-electron chi connectivity index (χ2n) is 4.56. The van der Waals surface area contributed by atoms with E-state index < -0.39 is 0 Å². The van der Waals surface area contributed by atoms with E-state index in [1.807, 2.05) is 44.2 Å². The van der Waals surface area contributed by atoms with Crippen molar-refractivity contribution in [1.29, 1.82) is 0 Å². The van der Waals surface area contributed by atoms with Crippen molar-refractivity contribution >= 4 is 39.9 Å². The van der Waals surface area contributed by atoms with Gasteiger partial charge < -0.3 is 10.4 Å². The summed E-state index contributed by atoms with van der Waals surface area (Å²) in [5.74, 6) is 0.379.